The Morgan fingerprint density at radius 1 is 1.45 bits per heavy atom. The number of halogens is 1. The fraction of sp³-hybridized carbons (Fsp3) is 0.333. The van der Waals surface area contributed by atoms with E-state index in [0.29, 0.717) is 0 Å². The van der Waals surface area contributed by atoms with Gasteiger partial charge in [-0.1, -0.05) is 19.1 Å². The number of anilines is 1. The Morgan fingerprint density at radius 2 is 2.25 bits per heavy atom. The number of carbonyl (C=O) groups excluding carboxylic acids is 1. The molecule has 1 unspecified atom stereocenters. The first kappa shape index (κ1) is 14.8. The summed E-state index contributed by atoms with van der Waals surface area (Å²) in [5.41, 5.74) is 1.74. The van der Waals surface area contributed by atoms with Gasteiger partial charge in [-0.15, -0.1) is 0 Å². The molecule has 1 amide bonds. The molecule has 1 aromatic heterocycles. The largest absolute Gasteiger partial charge is 0.374 e. The standard InChI is InChI=1S/C15H18BrN3O/c1-3-10(2)19-14(20)9-17-13-6-4-5-11-7-12(16)8-18-15(11)13/h4-8,10,17H,3,9H2,1-2H3,(H,19,20). The van der Waals surface area contributed by atoms with E-state index in [9.17, 15) is 4.79 Å². The molecule has 1 atom stereocenters. The van der Waals surface area contributed by atoms with Crippen molar-refractivity contribution >= 4 is 38.4 Å². The number of aromatic nitrogens is 1. The van der Waals surface area contributed by atoms with Gasteiger partial charge in [-0.25, -0.2) is 0 Å². The minimum atomic E-state index is -0.00605. The van der Waals surface area contributed by atoms with Crippen molar-refractivity contribution in [1.82, 2.24) is 10.3 Å². The van der Waals surface area contributed by atoms with Crippen LogP contribution in [-0.2, 0) is 4.79 Å². The Morgan fingerprint density at radius 3 is 3.00 bits per heavy atom. The van der Waals surface area contributed by atoms with Gasteiger partial charge in [0.25, 0.3) is 0 Å². The summed E-state index contributed by atoms with van der Waals surface area (Å²) in [4.78, 5) is 16.2. The van der Waals surface area contributed by atoms with Gasteiger partial charge in [0, 0.05) is 22.1 Å². The van der Waals surface area contributed by atoms with Crippen LogP contribution >= 0.6 is 15.9 Å². The summed E-state index contributed by atoms with van der Waals surface area (Å²) in [5.74, 6) is -0.00605. The molecular formula is C15H18BrN3O. The van der Waals surface area contributed by atoms with Crippen LogP contribution in [-0.4, -0.2) is 23.5 Å². The first-order chi connectivity index (χ1) is 9.60. The molecule has 2 aromatic rings. The van der Waals surface area contributed by atoms with Gasteiger partial charge in [0.15, 0.2) is 0 Å². The smallest absolute Gasteiger partial charge is 0.239 e. The molecule has 0 saturated carbocycles. The Kier molecular flexibility index (Phi) is 4.95. The third-order valence-electron chi connectivity index (χ3n) is 3.14. The lowest BCUT2D eigenvalue weighted by molar-refractivity contribution is -0.120. The van der Waals surface area contributed by atoms with Crippen molar-refractivity contribution < 1.29 is 4.79 Å². The molecule has 0 radical (unpaired) electrons. The number of para-hydroxylation sites is 1. The summed E-state index contributed by atoms with van der Waals surface area (Å²) >= 11 is 3.41. The molecule has 4 nitrogen and oxygen atoms in total. The van der Waals surface area contributed by atoms with E-state index in [4.69, 9.17) is 0 Å². The van der Waals surface area contributed by atoms with Crippen molar-refractivity contribution in [2.45, 2.75) is 26.3 Å². The number of carbonyl (C=O) groups is 1. The maximum absolute atomic E-state index is 11.8. The minimum absolute atomic E-state index is 0.00605. The highest BCUT2D eigenvalue weighted by atomic mass is 79.9. The topological polar surface area (TPSA) is 54.0 Å². The summed E-state index contributed by atoms with van der Waals surface area (Å²) < 4.78 is 0.941. The summed E-state index contributed by atoms with van der Waals surface area (Å²) in [6.45, 7) is 4.29. The maximum Gasteiger partial charge on any atom is 0.239 e. The van der Waals surface area contributed by atoms with Crippen LogP contribution in [0, 0.1) is 0 Å². The van der Waals surface area contributed by atoms with E-state index in [2.05, 4.69) is 31.5 Å². The molecule has 1 heterocycles. The monoisotopic (exact) mass is 335 g/mol. The predicted molar refractivity (Wildman–Crippen MR) is 85.8 cm³/mol. The van der Waals surface area contributed by atoms with Crippen molar-refractivity contribution in [2.75, 3.05) is 11.9 Å². The van der Waals surface area contributed by atoms with E-state index in [1.54, 1.807) is 6.20 Å². The van der Waals surface area contributed by atoms with Gasteiger partial charge in [-0.2, -0.15) is 0 Å². The molecule has 0 aliphatic heterocycles. The second kappa shape index (κ2) is 6.70. The third kappa shape index (κ3) is 3.70. The Balaban J connectivity index is 2.08. The summed E-state index contributed by atoms with van der Waals surface area (Å²) in [6, 6.07) is 8.08. The average Bonchev–Trinajstić information content (AvgIpc) is 2.44. The number of hydrogen-bond acceptors (Lipinski definition) is 3. The highest BCUT2D eigenvalue weighted by molar-refractivity contribution is 9.10. The van der Waals surface area contributed by atoms with Gasteiger partial charge >= 0.3 is 0 Å². The fourth-order valence-electron chi connectivity index (χ4n) is 1.88. The van der Waals surface area contributed by atoms with E-state index in [1.165, 1.54) is 0 Å². The molecule has 106 valence electrons. The lowest BCUT2D eigenvalue weighted by Crippen LogP contribution is -2.36. The molecule has 0 spiro atoms. The van der Waals surface area contributed by atoms with Gasteiger partial charge in [-0.05, 0) is 41.4 Å². The number of nitrogens with one attached hydrogen (secondary N) is 2. The highest BCUT2D eigenvalue weighted by Gasteiger charge is 2.07. The van der Waals surface area contributed by atoms with Crippen molar-refractivity contribution in [1.29, 1.82) is 0 Å². The van der Waals surface area contributed by atoms with Gasteiger partial charge < -0.3 is 10.6 Å². The van der Waals surface area contributed by atoms with Gasteiger partial charge in [0.2, 0.25) is 5.91 Å². The van der Waals surface area contributed by atoms with Crippen LogP contribution in [0.15, 0.2) is 34.9 Å². The van der Waals surface area contributed by atoms with Crippen LogP contribution in [0.3, 0.4) is 0 Å². The van der Waals surface area contributed by atoms with Crippen LogP contribution in [0.25, 0.3) is 10.9 Å². The van der Waals surface area contributed by atoms with Crippen LogP contribution in [0.5, 0.6) is 0 Å². The zero-order valence-corrected chi connectivity index (χ0v) is 13.2. The van der Waals surface area contributed by atoms with Gasteiger partial charge in [0.05, 0.1) is 17.7 Å². The first-order valence-electron chi connectivity index (χ1n) is 6.67. The lowest BCUT2D eigenvalue weighted by Gasteiger charge is -2.13. The van der Waals surface area contributed by atoms with Crippen molar-refractivity contribution in [3.05, 3.63) is 34.9 Å². The van der Waals surface area contributed by atoms with Gasteiger partial charge in [0.1, 0.15) is 0 Å². The number of rotatable bonds is 5. The first-order valence-corrected chi connectivity index (χ1v) is 7.47. The molecule has 20 heavy (non-hydrogen) atoms. The molecule has 0 saturated heterocycles. The fourth-order valence-corrected chi connectivity index (χ4v) is 2.23. The zero-order valence-electron chi connectivity index (χ0n) is 11.6. The van der Waals surface area contributed by atoms with Gasteiger partial charge in [-0.3, -0.25) is 9.78 Å². The van der Waals surface area contributed by atoms with Crippen LogP contribution < -0.4 is 10.6 Å². The number of nitrogens with zero attached hydrogens (tertiary/aromatic N) is 1. The number of hydrogen-bond donors (Lipinski definition) is 2. The molecule has 1 aromatic carbocycles. The maximum atomic E-state index is 11.8. The SMILES string of the molecule is CCC(C)NC(=O)CNc1cccc2cc(Br)cnc12. The molecule has 2 N–H and O–H groups in total. The summed E-state index contributed by atoms with van der Waals surface area (Å²) in [6.07, 6.45) is 2.68. The minimum Gasteiger partial charge on any atom is -0.374 e. The quantitative estimate of drug-likeness (QED) is 0.881. The van der Waals surface area contributed by atoms with E-state index >= 15 is 0 Å². The molecule has 0 aliphatic rings. The Bertz CT molecular complexity index is 615. The molecule has 5 heteroatoms. The van der Waals surface area contributed by atoms with Crippen molar-refractivity contribution in [3.8, 4) is 0 Å². The van der Waals surface area contributed by atoms with Crippen LogP contribution in [0.1, 0.15) is 20.3 Å². The number of benzene rings is 1. The van der Waals surface area contributed by atoms with Crippen molar-refractivity contribution in [3.63, 3.8) is 0 Å². The molecule has 2 rings (SSSR count). The third-order valence-corrected chi connectivity index (χ3v) is 3.57. The Hall–Kier alpha value is -1.62. The number of amides is 1. The Labute approximate surface area is 127 Å². The normalized spacial score (nSPS) is 12.2. The van der Waals surface area contributed by atoms with Crippen molar-refractivity contribution in [2.24, 2.45) is 0 Å². The molecule has 0 bridgehead atoms. The van der Waals surface area contributed by atoms with Crippen LogP contribution in [0.4, 0.5) is 5.69 Å². The molecule has 0 aliphatic carbocycles. The van der Waals surface area contributed by atoms with E-state index in [0.717, 1.165) is 27.5 Å². The molecule has 0 fully saturated rings. The number of pyridine rings is 1. The van der Waals surface area contributed by atoms with Crippen LogP contribution in [0.2, 0.25) is 0 Å². The highest BCUT2D eigenvalue weighted by Crippen LogP contribution is 2.23. The summed E-state index contributed by atoms with van der Waals surface area (Å²) in [7, 11) is 0. The predicted octanol–water partition coefficient (Wildman–Crippen LogP) is 3.32. The average molecular weight is 336 g/mol. The van der Waals surface area contributed by atoms with E-state index in [1.807, 2.05) is 38.1 Å². The second-order valence-corrected chi connectivity index (χ2v) is 5.68. The second-order valence-electron chi connectivity index (χ2n) is 4.76. The van der Waals surface area contributed by atoms with E-state index < -0.39 is 0 Å². The summed E-state index contributed by atoms with van der Waals surface area (Å²) in [5, 5.41) is 7.11. The zero-order chi connectivity index (χ0) is 14.5. The number of fused-ring (bicyclic) bond motifs is 1. The lowest BCUT2D eigenvalue weighted by atomic mass is 10.2. The molecular weight excluding hydrogens is 318 g/mol. The van der Waals surface area contributed by atoms with E-state index in [-0.39, 0.29) is 18.5 Å².